The molecular formula is C40H32N3P. The van der Waals surface area contributed by atoms with Crippen molar-refractivity contribution in [2.75, 3.05) is 4.90 Å². The molecule has 44 heavy (non-hydrogen) atoms. The summed E-state index contributed by atoms with van der Waals surface area (Å²) in [6.07, 6.45) is 10.2. The third kappa shape index (κ3) is 4.17. The van der Waals surface area contributed by atoms with Crippen LogP contribution < -0.4 is 15.5 Å². The summed E-state index contributed by atoms with van der Waals surface area (Å²) in [5, 5.41) is 24.7. The molecule has 0 unspecified atom stereocenters. The van der Waals surface area contributed by atoms with E-state index in [1.165, 1.54) is 28.2 Å². The Morgan fingerprint density at radius 1 is 0.636 bits per heavy atom. The molecule has 2 aliphatic heterocycles. The molecular weight excluding hydrogens is 553 g/mol. The Morgan fingerprint density at radius 3 is 1.68 bits per heavy atom. The van der Waals surface area contributed by atoms with E-state index in [0.29, 0.717) is 10.6 Å². The number of nitriles is 2. The molecule has 2 heterocycles. The van der Waals surface area contributed by atoms with Crippen molar-refractivity contribution in [2.24, 2.45) is 0 Å². The second kappa shape index (κ2) is 10.9. The number of anilines is 2. The Morgan fingerprint density at radius 2 is 1.18 bits per heavy atom. The third-order valence-corrected chi connectivity index (χ3v) is 13.3. The number of para-hydroxylation sites is 2. The minimum atomic E-state index is -2.60. The lowest BCUT2D eigenvalue weighted by Crippen LogP contribution is -2.32. The van der Waals surface area contributed by atoms with Gasteiger partial charge in [0.25, 0.3) is 0 Å². The lowest BCUT2D eigenvalue weighted by atomic mass is 9.73. The first-order valence-corrected chi connectivity index (χ1v) is 16.8. The lowest BCUT2D eigenvalue weighted by molar-refractivity contribution is 0.627. The van der Waals surface area contributed by atoms with Crippen LogP contribution in [0.3, 0.4) is 0 Å². The SMILES string of the molecule is CC1(C)c2ccccc2N(C2=CC=C(C3=CC(C#N)=P(c4ccccc4)(c4ccccc4)C(C#N)=C3)CC2)c2ccccc21. The van der Waals surface area contributed by atoms with E-state index in [1.807, 2.05) is 48.6 Å². The first kappa shape index (κ1) is 27.7. The maximum Gasteiger partial charge on any atom is 0.100 e. The predicted molar refractivity (Wildman–Crippen MR) is 184 cm³/mol. The van der Waals surface area contributed by atoms with Gasteiger partial charge in [-0.15, -0.1) is 0 Å². The van der Waals surface area contributed by atoms with Crippen molar-refractivity contribution in [2.45, 2.75) is 32.1 Å². The van der Waals surface area contributed by atoms with Gasteiger partial charge >= 0.3 is 0 Å². The third-order valence-electron chi connectivity index (χ3n) is 9.25. The smallest absolute Gasteiger partial charge is 0.100 e. The van der Waals surface area contributed by atoms with E-state index in [0.717, 1.165) is 34.6 Å². The molecule has 4 aromatic carbocycles. The van der Waals surface area contributed by atoms with E-state index < -0.39 is 6.89 Å². The number of benzene rings is 4. The molecule has 0 N–H and O–H groups in total. The molecule has 0 saturated carbocycles. The largest absolute Gasteiger partial charge is 0.314 e. The highest BCUT2D eigenvalue weighted by molar-refractivity contribution is 7.93. The molecule has 4 aromatic rings. The van der Waals surface area contributed by atoms with E-state index in [2.05, 4.69) is 116 Å². The van der Waals surface area contributed by atoms with Crippen molar-refractivity contribution in [3.05, 3.63) is 167 Å². The van der Waals surface area contributed by atoms with E-state index in [-0.39, 0.29) is 5.41 Å². The van der Waals surface area contributed by atoms with Crippen LogP contribution in [-0.2, 0) is 5.41 Å². The fourth-order valence-corrected chi connectivity index (χ4v) is 11.0. The number of nitrogens with zero attached hydrogens (tertiary/aromatic N) is 3. The Hall–Kier alpha value is -5.08. The van der Waals surface area contributed by atoms with E-state index in [9.17, 15) is 10.5 Å². The molecule has 0 saturated heterocycles. The first-order chi connectivity index (χ1) is 21.5. The highest BCUT2D eigenvalue weighted by atomic mass is 31.2. The van der Waals surface area contributed by atoms with Crippen molar-refractivity contribution in [3.8, 4) is 12.1 Å². The van der Waals surface area contributed by atoms with Gasteiger partial charge in [0.1, 0.15) is 12.1 Å². The molecule has 0 amide bonds. The highest BCUT2D eigenvalue weighted by Gasteiger charge is 2.38. The van der Waals surface area contributed by atoms with Gasteiger partial charge in [-0.2, -0.15) is 10.5 Å². The zero-order chi connectivity index (χ0) is 30.3. The minimum Gasteiger partial charge on any atom is -0.314 e. The molecule has 3 aliphatic rings. The summed E-state index contributed by atoms with van der Waals surface area (Å²) in [7, 11) is 0. The number of allylic oxidation sites excluding steroid dienone is 8. The summed E-state index contributed by atoms with van der Waals surface area (Å²) in [4.78, 5) is 2.42. The zero-order valence-corrected chi connectivity index (χ0v) is 25.8. The van der Waals surface area contributed by atoms with Crippen LogP contribution in [0.25, 0.3) is 0 Å². The number of hydrogen-bond donors (Lipinski definition) is 0. The van der Waals surface area contributed by atoms with Crippen LogP contribution in [0.1, 0.15) is 37.8 Å². The van der Waals surface area contributed by atoms with Crippen molar-refractivity contribution in [1.29, 1.82) is 10.5 Å². The fraction of sp³-hybridized carbons (Fsp3) is 0.125. The Labute approximate surface area is 260 Å². The van der Waals surface area contributed by atoms with Crippen molar-refractivity contribution < 1.29 is 0 Å². The predicted octanol–water partition coefficient (Wildman–Crippen LogP) is 8.78. The van der Waals surface area contributed by atoms with Crippen LogP contribution in [0.5, 0.6) is 0 Å². The van der Waals surface area contributed by atoms with Crippen LogP contribution in [0.4, 0.5) is 11.4 Å². The van der Waals surface area contributed by atoms with Gasteiger partial charge in [0.2, 0.25) is 0 Å². The maximum atomic E-state index is 10.6. The molecule has 4 heteroatoms. The van der Waals surface area contributed by atoms with Crippen molar-refractivity contribution >= 4 is 34.2 Å². The van der Waals surface area contributed by atoms with Gasteiger partial charge in [0, 0.05) is 29.4 Å². The topological polar surface area (TPSA) is 50.8 Å². The molecule has 0 aromatic heterocycles. The van der Waals surface area contributed by atoms with Crippen LogP contribution in [0.2, 0.25) is 0 Å². The highest BCUT2D eigenvalue weighted by Crippen LogP contribution is 2.57. The summed E-state index contributed by atoms with van der Waals surface area (Å²) in [5.41, 5.74) is 8.34. The molecule has 0 radical (unpaired) electrons. The molecule has 0 spiro atoms. The van der Waals surface area contributed by atoms with E-state index in [1.54, 1.807) is 0 Å². The van der Waals surface area contributed by atoms with Crippen molar-refractivity contribution in [1.82, 2.24) is 0 Å². The normalized spacial score (nSPS) is 17.9. The van der Waals surface area contributed by atoms with Gasteiger partial charge < -0.3 is 4.90 Å². The van der Waals surface area contributed by atoms with Crippen LogP contribution >= 0.6 is 6.89 Å². The van der Waals surface area contributed by atoms with E-state index >= 15 is 0 Å². The molecule has 1 aliphatic carbocycles. The fourth-order valence-electron chi connectivity index (χ4n) is 7.10. The summed E-state index contributed by atoms with van der Waals surface area (Å²) < 4.78 is 0. The standard InChI is InChI=1S/C40H32N3P/c1-40(2)36-17-9-11-19-38(36)43(39-20-12-10-18-37(39)40)31-23-21-29(22-24-31)30-25-34(27-41)44(35(26-30)28-42,32-13-5-3-6-14-32)33-15-7-4-8-16-33/h3-21,23,25-26H,22,24H2,1-2H3. The second-order valence-corrected chi connectivity index (χ2v) is 15.3. The lowest BCUT2D eigenvalue weighted by Gasteiger charge is -2.43. The van der Waals surface area contributed by atoms with Crippen LogP contribution in [0, 0.1) is 22.7 Å². The Bertz CT molecular complexity index is 1970. The summed E-state index contributed by atoms with van der Waals surface area (Å²) >= 11 is 0. The van der Waals surface area contributed by atoms with Gasteiger partial charge in [-0.25, -0.2) is 0 Å². The quantitative estimate of drug-likeness (QED) is 0.225. The molecule has 7 rings (SSSR count). The molecule has 0 bridgehead atoms. The van der Waals surface area contributed by atoms with E-state index in [4.69, 9.17) is 0 Å². The Kier molecular flexibility index (Phi) is 6.86. The summed E-state index contributed by atoms with van der Waals surface area (Å²) in [5.74, 6) is 0. The van der Waals surface area contributed by atoms with Gasteiger partial charge in [-0.05, 0) is 76.1 Å². The van der Waals surface area contributed by atoms with Gasteiger partial charge in [0.05, 0.1) is 10.6 Å². The molecule has 212 valence electrons. The monoisotopic (exact) mass is 585 g/mol. The average Bonchev–Trinajstić information content (AvgIpc) is 3.09. The van der Waals surface area contributed by atoms with Gasteiger partial charge in [-0.1, -0.05) is 117 Å². The Balaban J connectivity index is 1.37. The van der Waals surface area contributed by atoms with Crippen LogP contribution in [0.15, 0.2) is 156 Å². The second-order valence-electron chi connectivity index (χ2n) is 11.9. The van der Waals surface area contributed by atoms with Crippen molar-refractivity contribution in [3.63, 3.8) is 0 Å². The number of rotatable bonds is 4. The number of fused-ring (bicyclic) bond motifs is 2. The maximum absolute atomic E-state index is 10.6. The van der Waals surface area contributed by atoms with Gasteiger partial charge in [0.15, 0.2) is 0 Å². The first-order valence-electron chi connectivity index (χ1n) is 15.0. The average molecular weight is 586 g/mol. The van der Waals surface area contributed by atoms with Gasteiger partial charge in [-0.3, -0.25) is 0 Å². The molecule has 0 fully saturated rings. The summed E-state index contributed by atoms with van der Waals surface area (Å²) in [6.45, 7) is 2.02. The zero-order valence-electron chi connectivity index (χ0n) is 24.9. The summed E-state index contributed by atoms with van der Waals surface area (Å²) in [6, 6.07) is 42.8. The molecule has 3 nitrogen and oxygen atoms in total. The van der Waals surface area contributed by atoms with Crippen LogP contribution in [-0.4, -0.2) is 5.29 Å². The minimum absolute atomic E-state index is 0.0953. The molecule has 0 atom stereocenters. The number of hydrogen-bond acceptors (Lipinski definition) is 3.